The molecule has 0 spiro atoms. The molecule has 0 saturated heterocycles. The maximum atomic E-state index is 13.6. The zero-order chi connectivity index (χ0) is 19.8. The second kappa shape index (κ2) is 6.89. The van der Waals surface area contributed by atoms with Crippen LogP contribution in [0.2, 0.25) is 0 Å². The predicted molar refractivity (Wildman–Crippen MR) is 94.3 cm³/mol. The second-order valence-corrected chi connectivity index (χ2v) is 6.20. The number of nitrogens with two attached hydrogens (primary N) is 1. The van der Waals surface area contributed by atoms with Crippen molar-refractivity contribution in [1.82, 2.24) is 19.9 Å². The number of nitrogens with one attached hydrogen (secondary N) is 1. The molecule has 1 aliphatic heterocycles. The topological polar surface area (TPSA) is 121 Å². The summed E-state index contributed by atoms with van der Waals surface area (Å²) in [5.74, 6) is -1.11. The molecule has 10 heteroatoms. The van der Waals surface area contributed by atoms with Crippen LogP contribution in [0.3, 0.4) is 0 Å². The largest absolute Gasteiger partial charge is 0.491 e. The van der Waals surface area contributed by atoms with Gasteiger partial charge in [-0.25, -0.2) is 13.9 Å². The highest BCUT2D eigenvalue weighted by Gasteiger charge is 2.28. The molecule has 3 N–H and O–H groups in total. The summed E-state index contributed by atoms with van der Waals surface area (Å²) in [5, 5.41) is 7.05. The van der Waals surface area contributed by atoms with Gasteiger partial charge in [0.15, 0.2) is 5.65 Å². The van der Waals surface area contributed by atoms with Gasteiger partial charge >= 0.3 is 0 Å². The number of hydrogen-bond acceptors (Lipinski definition) is 6. The fraction of sp³-hybridized carbons (Fsp3) is 0.222. The maximum Gasteiger partial charge on any atom is 0.270 e. The van der Waals surface area contributed by atoms with E-state index in [9.17, 15) is 14.0 Å². The number of nitrogens with zero attached hydrogens (tertiary/aromatic N) is 3. The molecule has 3 heterocycles. The molecule has 0 saturated carbocycles. The van der Waals surface area contributed by atoms with Crippen molar-refractivity contribution in [3.05, 3.63) is 58.8 Å². The number of benzene rings is 1. The van der Waals surface area contributed by atoms with Gasteiger partial charge in [-0.05, 0) is 24.3 Å². The van der Waals surface area contributed by atoms with Crippen LogP contribution in [0.25, 0.3) is 5.65 Å². The number of ether oxygens (including phenoxy) is 2. The Morgan fingerprint density at radius 1 is 1.43 bits per heavy atom. The van der Waals surface area contributed by atoms with E-state index in [2.05, 4.69) is 15.4 Å². The van der Waals surface area contributed by atoms with Crippen LogP contribution >= 0.6 is 0 Å². The average molecular weight is 385 g/mol. The van der Waals surface area contributed by atoms with Crippen molar-refractivity contribution < 1.29 is 23.5 Å². The van der Waals surface area contributed by atoms with Crippen LogP contribution in [0.4, 0.5) is 4.39 Å². The molecule has 4 rings (SSSR count). The lowest BCUT2D eigenvalue weighted by Crippen LogP contribution is -2.31. The number of rotatable bonds is 5. The number of methoxy groups -OCH3 is 1. The Bertz CT molecular complexity index is 1100. The van der Waals surface area contributed by atoms with Crippen LogP contribution in [0.15, 0.2) is 30.5 Å². The van der Waals surface area contributed by atoms with Gasteiger partial charge in [-0.3, -0.25) is 9.59 Å². The third-order valence-corrected chi connectivity index (χ3v) is 4.41. The highest BCUT2D eigenvalue weighted by atomic mass is 19.1. The van der Waals surface area contributed by atoms with Gasteiger partial charge in [-0.2, -0.15) is 5.10 Å². The fourth-order valence-corrected chi connectivity index (χ4v) is 3.19. The molecule has 28 heavy (non-hydrogen) atoms. The zero-order valence-corrected chi connectivity index (χ0v) is 14.8. The van der Waals surface area contributed by atoms with Crippen LogP contribution < -0.4 is 15.8 Å². The summed E-state index contributed by atoms with van der Waals surface area (Å²) in [6, 6.07) is 5.07. The molecule has 1 atom stereocenters. The van der Waals surface area contributed by atoms with Crippen molar-refractivity contribution in [3.63, 3.8) is 0 Å². The lowest BCUT2D eigenvalue weighted by Gasteiger charge is -2.12. The minimum Gasteiger partial charge on any atom is -0.491 e. The van der Waals surface area contributed by atoms with Crippen molar-refractivity contribution in [2.24, 2.45) is 5.73 Å². The molecule has 0 aliphatic carbocycles. The summed E-state index contributed by atoms with van der Waals surface area (Å²) in [6.45, 7) is 0.213. The van der Waals surface area contributed by atoms with Crippen LogP contribution in [0, 0.1) is 5.82 Å². The summed E-state index contributed by atoms with van der Waals surface area (Å²) in [5.41, 5.74) is 6.65. The van der Waals surface area contributed by atoms with Gasteiger partial charge in [-0.1, -0.05) is 0 Å². The number of primary amides is 1. The lowest BCUT2D eigenvalue weighted by molar-refractivity contribution is 0.0921. The van der Waals surface area contributed by atoms with E-state index in [4.69, 9.17) is 15.2 Å². The van der Waals surface area contributed by atoms with E-state index < -0.39 is 23.7 Å². The molecular formula is C18H16FN5O4. The highest BCUT2D eigenvalue weighted by molar-refractivity contribution is 6.01. The van der Waals surface area contributed by atoms with Crippen molar-refractivity contribution in [2.75, 3.05) is 13.7 Å². The number of fused-ring (bicyclic) bond motifs is 2. The van der Waals surface area contributed by atoms with Crippen molar-refractivity contribution in [1.29, 1.82) is 0 Å². The Morgan fingerprint density at radius 3 is 3.00 bits per heavy atom. The zero-order valence-electron chi connectivity index (χ0n) is 14.8. The fourth-order valence-electron chi connectivity index (χ4n) is 3.19. The molecular weight excluding hydrogens is 369 g/mol. The Balaban J connectivity index is 1.70. The standard InChI is InChI=1S/C18H16FN5O4/c1-27-7-12-15(16(20)25)17-21-5-4-13(24(17)23-12)18(26)22-11-8-28-14-3-2-9(19)6-10(11)14/h2-6,11H,7-8H2,1H3,(H2,20,25)(H,22,26)/t11-/m0/s1. The first-order valence-electron chi connectivity index (χ1n) is 8.38. The number of hydrogen-bond donors (Lipinski definition) is 2. The minimum atomic E-state index is -0.722. The first-order chi connectivity index (χ1) is 13.5. The van der Waals surface area contributed by atoms with Gasteiger partial charge in [0.05, 0.1) is 12.6 Å². The van der Waals surface area contributed by atoms with E-state index in [0.29, 0.717) is 11.3 Å². The van der Waals surface area contributed by atoms with Gasteiger partial charge in [-0.15, -0.1) is 0 Å². The van der Waals surface area contributed by atoms with Crippen molar-refractivity contribution in [3.8, 4) is 5.75 Å². The monoisotopic (exact) mass is 385 g/mol. The smallest absolute Gasteiger partial charge is 0.270 e. The molecule has 144 valence electrons. The number of carbonyl (C=O) groups excluding carboxylic acids is 2. The molecule has 0 fully saturated rings. The molecule has 1 aromatic carbocycles. The third kappa shape index (κ3) is 2.93. The SMILES string of the molecule is COCc1nn2c(C(=O)N[C@H]3COc4ccc(F)cc43)ccnc2c1C(N)=O. The van der Waals surface area contributed by atoms with Crippen LogP contribution in [-0.2, 0) is 11.3 Å². The number of amides is 2. The number of carbonyl (C=O) groups is 2. The van der Waals surface area contributed by atoms with Gasteiger partial charge in [0.1, 0.15) is 35.1 Å². The summed E-state index contributed by atoms with van der Waals surface area (Å²) in [6.07, 6.45) is 1.38. The molecule has 3 aromatic rings. The predicted octanol–water partition coefficient (Wildman–Crippen LogP) is 0.977. The summed E-state index contributed by atoms with van der Waals surface area (Å²) < 4.78 is 25.3. The second-order valence-electron chi connectivity index (χ2n) is 6.20. The van der Waals surface area contributed by atoms with E-state index >= 15 is 0 Å². The first kappa shape index (κ1) is 17.9. The number of aromatic nitrogens is 3. The Morgan fingerprint density at radius 2 is 2.25 bits per heavy atom. The minimum absolute atomic E-state index is 0.0335. The van der Waals surface area contributed by atoms with Gasteiger partial charge in [0, 0.05) is 18.9 Å². The van der Waals surface area contributed by atoms with Gasteiger partial charge in [0.2, 0.25) is 0 Å². The quantitative estimate of drug-likeness (QED) is 0.675. The van der Waals surface area contributed by atoms with E-state index in [0.717, 1.165) is 0 Å². The maximum absolute atomic E-state index is 13.6. The molecule has 2 aromatic heterocycles. The van der Waals surface area contributed by atoms with Crippen molar-refractivity contribution in [2.45, 2.75) is 12.6 Å². The Labute approximate surface area is 158 Å². The first-order valence-corrected chi connectivity index (χ1v) is 8.38. The van der Waals surface area contributed by atoms with Crippen LogP contribution in [-0.4, -0.2) is 40.1 Å². The Kier molecular flexibility index (Phi) is 4.40. The highest BCUT2D eigenvalue weighted by Crippen LogP contribution is 2.32. The van der Waals surface area contributed by atoms with Gasteiger partial charge in [0.25, 0.3) is 11.8 Å². The summed E-state index contributed by atoms with van der Waals surface area (Å²) in [4.78, 5) is 28.8. The molecule has 0 unspecified atom stereocenters. The van der Waals surface area contributed by atoms with E-state index in [-0.39, 0.29) is 35.8 Å². The molecule has 2 amide bonds. The molecule has 0 radical (unpaired) electrons. The van der Waals surface area contributed by atoms with E-state index in [1.54, 1.807) is 0 Å². The number of halogens is 1. The summed E-state index contributed by atoms with van der Waals surface area (Å²) >= 11 is 0. The van der Waals surface area contributed by atoms with E-state index in [1.807, 2.05) is 0 Å². The van der Waals surface area contributed by atoms with Crippen molar-refractivity contribution >= 4 is 17.5 Å². The van der Waals surface area contributed by atoms with Gasteiger partial charge < -0.3 is 20.5 Å². The molecule has 1 aliphatic rings. The third-order valence-electron chi connectivity index (χ3n) is 4.41. The average Bonchev–Trinajstić information content (AvgIpc) is 3.22. The lowest BCUT2D eigenvalue weighted by atomic mass is 10.1. The van der Waals surface area contributed by atoms with Crippen LogP contribution in [0.1, 0.15) is 38.1 Å². The summed E-state index contributed by atoms with van der Waals surface area (Å²) in [7, 11) is 1.45. The van der Waals surface area contributed by atoms with E-state index in [1.165, 1.54) is 42.1 Å². The molecule has 0 bridgehead atoms. The normalized spacial score (nSPS) is 15.3. The Hall–Kier alpha value is -3.53. The van der Waals surface area contributed by atoms with Crippen LogP contribution in [0.5, 0.6) is 5.75 Å². The molecule has 9 nitrogen and oxygen atoms in total.